The lowest BCUT2D eigenvalue weighted by Gasteiger charge is -2.33. The van der Waals surface area contributed by atoms with Gasteiger partial charge in [0.2, 0.25) is 0 Å². The van der Waals surface area contributed by atoms with E-state index in [2.05, 4.69) is 151 Å². The Morgan fingerprint density at radius 1 is 0.622 bits per heavy atom. The Hall–Kier alpha value is -4.16. The normalized spacial score (nSPS) is 23.6. The first-order valence-electron chi connectivity index (χ1n) is 16.9. The number of rotatable bonds is 2. The summed E-state index contributed by atoms with van der Waals surface area (Å²) >= 11 is 0. The molecule has 4 aromatic carbocycles. The first-order valence-corrected chi connectivity index (χ1v) is 16.9. The van der Waals surface area contributed by atoms with Gasteiger partial charge in [-0.25, -0.2) is 0 Å². The van der Waals surface area contributed by atoms with Gasteiger partial charge in [-0.15, -0.1) is 0 Å². The molecule has 0 bridgehead atoms. The molecular formula is C45H42. The van der Waals surface area contributed by atoms with Crippen molar-refractivity contribution in [3.63, 3.8) is 0 Å². The molecule has 0 fully saturated rings. The van der Waals surface area contributed by atoms with Crippen LogP contribution in [-0.2, 0) is 10.8 Å². The first kappa shape index (κ1) is 27.2. The molecule has 0 aliphatic heterocycles. The Balaban J connectivity index is 1.05. The van der Waals surface area contributed by atoms with Crippen molar-refractivity contribution in [2.45, 2.75) is 71.1 Å². The van der Waals surface area contributed by atoms with E-state index in [1.165, 1.54) is 66.8 Å². The average molecular weight is 583 g/mol. The van der Waals surface area contributed by atoms with E-state index in [0.717, 1.165) is 12.8 Å². The van der Waals surface area contributed by atoms with Crippen molar-refractivity contribution >= 4 is 0 Å². The second-order valence-electron chi connectivity index (χ2n) is 15.7. The van der Waals surface area contributed by atoms with Gasteiger partial charge in [0.15, 0.2) is 0 Å². The van der Waals surface area contributed by atoms with Crippen LogP contribution in [0.1, 0.15) is 88.1 Å². The molecule has 0 amide bonds. The van der Waals surface area contributed by atoms with Gasteiger partial charge in [0.1, 0.15) is 0 Å². The van der Waals surface area contributed by atoms with Gasteiger partial charge < -0.3 is 0 Å². The van der Waals surface area contributed by atoms with Gasteiger partial charge in [0.25, 0.3) is 0 Å². The van der Waals surface area contributed by atoms with Crippen LogP contribution in [0.5, 0.6) is 0 Å². The smallest absolute Gasteiger partial charge is 0.0159 e. The monoisotopic (exact) mass is 582 g/mol. The zero-order chi connectivity index (χ0) is 30.9. The maximum absolute atomic E-state index is 2.54. The second-order valence-corrected chi connectivity index (χ2v) is 15.7. The van der Waals surface area contributed by atoms with Gasteiger partial charge in [-0.05, 0) is 109 Å². The van der Waals surface area contributed by atoms with Gasteiger partial charge in [0.05, 0.1) is 0 Å². The molecule has 0 aromatic heterocycles. The molecule has 45 heavy (non-hydrogen) atoms. The number of hydrogen-bond acceptors (Lipinski definition) is 0. The van der Waals surface area contributed by atoms with Crippen molar-refractivity contribution in [1.82, 2.24) is 0 Å². The van der Waals surface area contributed by atoms with E-state index < -0.39 is 0 Å². The molecule has 0 saturated heterocycles. The third-order valence-corrected chi connectivity index (χ3v) is 12.4. The molecule has 0 radical (unpaired) electrons. The molecule has 0 spiro atoms. The molecular weight excluding hydrogens is 540 g/mol. The highest BCUT2D eigenvalue weighted by Crippen LogP contribution is 2.58. The molecule has 0 N–H and O–H groups in total. The summed E-state index contributed by atoms with van der Waals surface area (Å²) in [7, 11) is 0. The first-order chi connectivity index (χ1) is 21.6. The Morgan fingerprint density at radius 2 is 1.22 bits per heavy atom. The SMILES string of the molecule is CC1(C)c2ccccc2-c2ccc(-c3ccc4c(c3)C(C)(C)c3cc(C5C=CC6=C(C5)C(C)(C)C5CC=CC=C65)ccc3-4)cc21. The van der Waals surface area contributed by atoms with E-state index in [1.807, 2.05) is 0 Å². The van der Waals surface area contributed by atoms with E-state index in [-0.39, 0.29) is 16.2 Å². The Morgan fingerprint density at radius 3 is 1.93 bits per heavy atom. The van der Waals surface area contributed by atoms with Crippen LogP contribution in [0.2, 0.25) is 0 Å². The molecule has 222 valence electrons. The van der Waals surface area contributed by atoms with E-state index >= 15 is 0 Å². The van der Waals surface area contributed by atoms with Crippen molar-refractivity contribution in [2.75, 3.05) is 0 Å². The van der Waals surface area contributed by atoms with Crippen molar-refractivity contribution < 1.29 is 0 Å². The second kappa shape index (κ2) is 8.97. The fourth-order valence-corrected chi connectivity index (χ4v) is 9.67. The maximum atomic E-state index is 2.54. The minimum atomic E-state index is -0.0518. The van der Waals surface area contributed by atoms with E-state index in [4.69, 9.17) is 0 Å². The highest BCUT2D eigenvalue weighted by molar-refractivity contribution is 5.86. The van der Waals surface area contributed by atoms with Crippen LogP contribution in [0.3, 0.4) is 0 Å². The zero-order valence-corrected chi connectivity index (χ0v) is 27.5. The van der Waals surface area contributed by atoms with Gasteiger partial charge >= 0.3 is 0 Å². The van der Waals surface area contributed by atoms with Gasteiger partial charge in [-0.1, -0.05) is 144 Å². The minimum absolute atomic E-state index is 0.00844. The van der Waals surface area contributed by atoms with E-state index in [1.54, 1.807) is 11.1 Å². The molecule has 0 saturated carbocycles. The minimum Gasteiger partial charge on any atom is -0.0839 e. The van der Waals surface area contributed by atoms with E-state index in [0.29, 0.717) is 11.8 Å². The highest BCUT2D eigenvalue weighted by atomic mass is 14.5. The summed E-state index contributed by atoms with van der Waals surface area (Å²) in [5.74, 6) is 1.04. The fraction of sp³-hybridized carbons (Fsp3) is 0.289. The Kier molecular flexibility index (Phi) is 5.42. The number of allylic oxidation sites excluding steroid dienone is 8. The maximum Gasteiger partial charge on any atom is 0.0159 e. The highest BCUT2D eigenvalue weighted by Gasteiger charge is 2.45. The number of hydrogen-bond donors (Lipinski definition) is 0. The molecule has 0 heterocycles. The topological polar surface area (TPSA) is 0 Å². The van der Waals surface area contributed by atoms with Crippen LogP contribution < -0.4 is 0 Å². The molecule has 4 aromatic rings. The summed E-state index contributed by atoms with van der Waals surface area (Å²) in [6.45, 7) is 14.5. The largest absolute Gasteiger partial charge is 0.0839 e. The summed E-state index contributed by atoms with van der Waals surface area (Å²) in [5, 5.41) is 0. The van der Waals surface area contributed by atoms with Crippen LogP contribution in [0.15, 0.2) is 126 Å². The molecule has 5 aliphatic carbocycles. The Bertz CT molecular complexity index is 2080. The van der Waals surface area contributed by atoms with Crippen LogP contribution in [0.25, 0.3) is 33.4 Å². The standard InChI is InChI=1S/C45H42/c1-43(2)37-13-9-7-11-31(37)33-19-15-27(23-39(33)43)29-17-21-35-36-22-18-30(26-42(36)45(5,6)41(35)25-29)28-16-20-34-32-12-8-10-14-38(32)44(3,4)40(34)24-28/h7-13,15-23,25-26,28,38H,14,24H2,1-6H3. The Labute approximate surface area is 268 Å². The van der Waals surface area contributed by atoms with Crippen LogP contribution in [-0.4, -0.2) is 0 Å². The molecule has 2 atom stereocenters. The van der Waals surface area contributed by atoms with Gasteiger partial charge in [-0.3, -0.25) is 0 Å². The summed E-state index contributed by atoms with van der Waals surface area (Å²) in [4.78, 5) is 0. The molecule has 2 unspecified atom stereocenters. The molecule has 0 heteroatoms. The lowest BCUT2D eigenvalue weighted by molar-refractivity contribution is 0.319. The average Bonchev–Trinajstić information content (AvgIpc) is 3.53. The van der Waals surface area contributed by atoms with Crippen molar-refractivity contribution in [1.29, 1.82) is 0 Å². The van der Waals surface area contributed by atoms with E-state index in [9.17, 15) is 0 Å². The fourth-order valence-electron chi connectivity index (χ4n) is 9.67. The summed E-state index contributed by atoms with van der Waals surface area (Å²) < 4.78 is 0. The lowest BCUT2D eigenvalue weighted by atomic mass is 9.71. The third kappa shape index (κ3) is 3.60. The molecule has 5 aliphatic rings. The van der Waals surface area contributed by atoms with Crippen molar-refractivity contribution in [2.24, 2.45) is 11.3 Å². The summed E-state index contributed by atoms with van der Waals surface area (Å²) in [6, 6.07) is 30.6. The predicted molar refractivity (Wildman–Crippen MR) is 190 cm³/mol. The van der Waals surface area contributed by atoms with Crippen molar-refractivity contribution in [3.05, 3.63) is 154 Å². The van der Waals surface area contributed by atoms with Crippen LogP contribution in [0.4, 0.5) is 0 Å². The zero-order valence-electron chi connectivity index (χ0n) is 27.5. The molecule has 9 rings (SSSR count). The molecule has 0 nitrogen and oxygen atoms in total. The summed E-state index contributed by atoms with van der Waals surface area (Å²) in [5.41, 5.74) is 20.3. The lowest BCUT2D eigenvalue weighted by Crippen LogP contribution is -2.23. The van der Waals surface area contributed by atoms with Crippen LogP contribution >= 0.6 is 0 Å². The number of fused-ring (bicyclic) bond motifs is 8. The van der Waals surface area contributed by atoms with Gasteiger partial charge in [-0.2, -0.15) is 0 Å². The number of benzene rings is 4. The van der Waals surface area contributed by atoms with Gasteiger partial charge in [0, 0.05) is 16.7 Å². The summed E-state index contributed by atoms with van der Waals surface area (Å²) in [6.07, 6.45) is 14.2. The predicted octanol–water partition coefficient (Wildman–Crippen LogP) is 11.8. The van der Waals surface area contributed by atoms with Crippen molar-refractivity contribution in [3.8, 4) is 33.4 Å². The van der Waals surface area contributed by atoms with Crippen LogP contribution in [0, 0.1) is 11.3 Å². The quantitative estimate of drug-likeness (QED) is 0.220. The third-order valence-electron chi connectivity index (χ3n) is 12.4.